The molecule has 1 N–H and O–H groups in total. The van der Waals surface area contributed by atoms with Crippen LogP contribution in [0, 0.1) is 6.92 Å². The van der Waals surface area contributed by atoms with Gasteiger partial charge in [0.25, 0.3) is 5.91 Å². The van der Waals surface area contributed by atoms with E-state index >= 15 is 0 Å². The average molecular weight is 411 g/mol. The summed E-state index contributed by atoms with van der Waals surface area (Å²) in [5.74, 6) is 1.58. The van der Waals surface area contributed by atoms with Gasteiger partial charge in [-0.2, -0.15) is 0 Å². The SMILES string of the molecule is Cc1ccccc1OCCCC(=O)N1CCC(NC(=O)COc2ccccc2)CC1. The van der Waals surface area contributed by atoms with Crippen LogP contribution in [0.5, 0.6) is 11.5 Å². The Morgan fingerprint density at radius 2 is 1.70 bits per heavy atom. The number of amides is 2. The monoisotopic (exact) mass is 410 g/mol. The third-order valence-corrected chi connectivity index (χ3v) is 5.21. The minimum Gasteiger partial charge on any atom is -0.493 e. The van der Waals surface area contributed by atoms with Crippen molar-refractivity contribution in [2.45, 2.75) is 38.6 Å². The Morgan fingerprint density at radius 1 is 1.00 bits per heavy atom. The summed E-state index contributed by atoms with van der Waals surface area (Å²) in [7, 11) is 0. The van der Waals surface area contributed by atoms with Crippen LogP contribution in [-0.4, -0.2) is 49.1 Å². The highest BCUT2D eigenvalue weighted by Crippen LogP contribution is 2.17. The number of para-hydroxylation sites is 2. The van der Waals surface area contributed by atoms with E-state index in [1.807, 2.05) is 66.4 Å². The third kappa shape index (κ3) is 6.79. The molecule has 160 valence electrons. The van der Waals surface area contributed by atoms with E-state index in [4.69, 9.17) is 9.47 Å². The number of rotatable bonds is 9. The number of carbonyl (C=O) groups excluding carboxylic acids is 2. The molecule has 1 aliphatic heterocycles. The highest BCUT2D eigenvalue weighted by Gasteiger charge is 2.23. The van der Waals surface area contributed by atoms with Crippen molar-refractivity contribution in [1.82, 2.24) is 10.2 Å². The van der Waals surface area contributed by atoms with Gasteiger partial charge in [0.1, 0.15) is 11.5 Å². The van der Waals surface area contributed by atoms with E-state index in [0.717, 1.165) is 24.2 Å². The second-order valence-electron chi connectivity index (χ2n) is 7.54. The first-order chi connectivity index (χ1) is 14.6. The van der Waals surface area contributed by atoms with Gasteiger partial charge in [-0.15, -0.1) is 0 Å². The lowest BCUT2D eigenvalue weighted by Crippen LogP contribution is -2.47. The van der Waals surface area contributed by atoms with Crippen LogP contribution in [0.2, 0.25) is 0 Å². The summed E-state index contributed by atoms with van der Waals surface area (Å²) in [5.41, 5.74) is 1.10. The van der Waals surface area contributed by atoms with E-state index < -0.39 is 0 Å². The largest absolute Gasteiger partial charge is 0.493 e. The fraction of sp³-hybridized carbons (Fsp3) is 0.417. The predicted octanol–water partition coefficient (Wildman–Crippen LogP) is 3.34. The zero-order valence-electron chi connectivity index (χ0n) is 17.5. The standard InChI is InChI=1S/C24H30N2O4/c1-19-8-5-6-11-22(19)29-17-7-12-24(28)26-15-13-20(14-16-26)25-23(27)18-30-21-9-3-2-4-10-21/h2-6,8-11,20H,7,12-18H2,1H3,(H,25,27). The number of likely N-dealkylation sites (tertiary alicyclic amines) is 1. The number of piperidine rings is 1. The molecular formula is C24H30N2O4. The molecule has 6 heteroatoms. The number of nitrogens with one attached hydrogen (secondary N) is 1. The van der Waals surface area contributed by atoms with Crippen molar-refractivity contribution < 1.29 is 19.1 Å². The van der Waals surface area contributed by atoms with Gasteiger partial charge in [-0.3, -0.25) is 9.59 Å². The van der Waals surface area contributed by atoms with Crippen molar-refractivity contribution in [2.75, 3.05) is 26.3 Å². The molecule has 0 unspecified atom stereocenters. The maximum absolute atomic E-state index is 12.4. The molecule has 1 heterocycles. The summed E-state index contributed by atoms with van der Waals surface area (Å²) < 4.78 is 11.2. The maximum atomic E-state index is 12.4. The quantitative estimate of drug-likeness (QED) is 0.644. The molecule has 1 aliphatic rings. The van der Waals surface area contributed by atoms with Crippen LogP contribution in [0.4, 0.5) is 0 Å². The van der Waals surface area contributed by atoms with Crippen molar-refractivity contribution in [2.24, 2.45) is 0 Å². The molecule has 0 saturated carbocycles. The second-order valence-corrected chi connectivity index (χ2v) is 7.54. The van der Waals surface area contributed by atoms with Gasteiger partial charge in [-0.25, -0.2) is 0 Å². The van der Waals surface area contributed by atoms with Crippen LogP contribution >= 0.6 is 0 Å². The number of aryl methyl sites for hydroxylation is 1. The fourth-order valence-corrected chi connectivity index (χ4v) is 3.49. The molecule has 0 aliphatic carbocycles. The molecule has 0 bridgehead atoms. The summed E-state index contributed by atoms with van der Waals surface area (Å²) in [6, 6.07) is 17.3. The summed E-state index contributed by atoms with van der Waals surface area (Å²) in [5, 5.41) is 3.00. The van der Waals surface area contributed by atoms with Crippen LogP contribution in [-0.2, 0) is 9.59 Å². The van der Waals surface area contributed by atoms with Crippen LogP contribution < -0.4 is 14.8 Å². The van der Waals surface area contributed by atoms with Gasteiger partial charge >= 0.3 is 0 Å². The Bertz CT molecular complexity index is 817. The lowest BCUT2D eigenvalue weighted by atomic mass is 10.0. The zero-order valence-corrected chi connectivity index (χ0v) is 17.5. The Labute approximate surface area is 178 Å². The van der Waals surface area contributed by atoms with Crippen molar-refractivity contribution in [3.63, 3.8) is 0 Å². The minimum absolute atomic E-state index is 0.00401. The number of ether oxygens (including phenoxy) is 2. The summed E-state index contributed by atoms with van der Waals surface area (Å²) in [6.45, 7) is 3.88. The minimum atomic E-state index is -0.128. The first-order valence-electron chi connectivity index (χ1n) is 10.6. The number of hydrogen-bond acceptors (Lipinski definition) is 4. The van der Waals surface area contributed by atoms with E-state index in [1.54, 1.807) is 0 Å². The molecule has 1 saturated heterocycles. The normalized spacial score (nSPS) is 14.2. The molecule has 3 rings (SSSR count). The van der Waals surface area contributed by atoms with Crippen molar-refractivity contribution in [3.8, 4) is 11.5 Å². The molecule has 30 heavy (non-hydrogen) atoms. The van der Waals surface area contributed by atoms with Gasteiger partial charge in [0, 0.05) is 25.6 Å². The number of benzene rings is 2. The van der Waals surface area contributed by atoms with Crippen LogP contribution in [0.25, 0.3) is 0 Å². The lowest BCUT2D eigenvalue weighted by Gasteiger charge is -2.32. The van der Waals surface area contributed by atoms with Crippen LogP contribution in [0.15, 0.2) is 54.6 Å². The molecular weight excluding hydrogens is 380 g/mol. The number of hydrogen-bond donors (Lipinski definition) is 1. The smallest absolute Gasteiger partial charge is 0.258 e. The van der Waals surface area contributed by atoms with Crippen LogP contribution in [0.1, 0.15) is 31.2 Å². The Kier molecular flexibility index (Phi) is 8.12. The van der Waals surface area contributed by atoms with Crippen molar-refractivity contribution >= 4 is 11.8 Å². The van der Waals surface area contributed by atoms with E-state index in [9.17, 15) is 9.59 Å². The van der Waals surface area contributed by atoms with Gasteiger partial charge in [0.2, 0.25) is 5.91 Å². The Hall–Kier alpha value is -3.02. The summed E-state index contributed by atoms with van der Waals surface area (Å²) >= 11 is 0. The molecule has 2 aromatic rings. The average Bonchev–Trinajstić information content (AvgIpc) is 2.77. The Balaban J connectivity index is 1.29. The zero-order chi connectivity index (χ0) is 21.2. The maximum Gasteiger partial charge on any atom is 0.258 e. The Morgan fingerprint density at radius 3 is 2.43 bits per heavy atom. The molecule has 2 aromatic carbocycles. The van der Waals surface area contributed by atoms with E-state index in [1.165, 1.54) is 0 Å². The van der Waals surface area contributed by atoms with Gasteiger partial charge in [-0.05, 0) is 49.9 Å². The van der Waals surface area contributed by atoms with Gasteiger partial charge in [0.15, 0.2) is 6.61 Å². The molecule has 6 nitrogen and oxygen atoms in total. The molecule has 0 spiro atoms. The molecule has 1 fully saturated rings. The predicted molar refractivity (Wildman–Crippen MR) is 116 cm³/mol. The van der Waals surface area contributed by atoms with E-state index in [-0.39, 0.29) is 24.5 Å². The van der Waals surface area contributed by atoms with E-state index in [0.29, 0.717) is 38.3 Å². The molecule has 2 amide bonds. The van der Waals surface area contributed by atoms with E-state index in [2.05, 4.69) is 5.32 Å². The molecule has 0 aromatic heterocycles. The third-order valence-electron chi connectivity index (χ3n) is 5.21. The van der Waals surface area contributed by atoms with Crippen molar-refractivity contribution in [1.29, 1.82) is 0 Å². The van der Waals surface area contributed by atoms with Crippen molar-refractivity contribution in [3.05, 3.63) is 60.2 Å². The summed E-state index contributed by atoms with van der Waals surface area (Å²) in [6.07, 6.45) is 2.71. The van der Waals surface area contributed by atoms with Gasteiger partial charge in [-0.1, -0.05) is 36.4 Å². The fourth-order valence-electron chi connectivity index (χ4n) is 3.49. The summed E-state index contributed by atoms with van der Waals surface area (Å²) in [4.78, 5) is 26.4. The first-order valence-corrected chi connectivity index (χ1v) is 10.6. The second kappa shape index (κ2) is 11.2. The number of carbonyl (C=O) groups is 2. The van der Waals surface area contributed by atoms with Gasteiger partial charge < -0.3 is 19.7 Å². The highest BCUT2D eigenvalue weighted by molar-refractivity contribution is 5.78. The lowest BCUT2D eigenvalue weighted by molar-refractivity contribution is -0.132. The highest BCUT2D eigenvalue weighted by atomic mass is 16.5. The molecule has 0 atom stereocenters. The van der Waals surface area contributed by atoms with Gasteiger partial charge in [0.05, 0.1) is 6.61 Å². The van der Waals surface area contributed by atoms with Crippen LogP contribution in [0.3, 0.4) is 0 Å². The molecule has 0 radical (unpaired) electrons. The number of nitrogens with zero attached hydrogens (tertiary/aromatic N) is 1. The topological polar surface area (TPSA) is 67.9 Å². The first kappa shape index (κ1) is 21.7.